The first-order valence-electron chi connectivity index (χ1n) is 11.7. The second-order valence-electron chi connectivity index (χ2n) is 7.32. The van der Waals surface area contributed by atoms with Crippen LogP contribution in [0.15, 0.2) is 55.8 Å². The molecule has 1 nitrogen and oxygen atoms in total. The lowest BCUT2D eigenvalue weighted by molar-refractivity contribution is 0.204. The monoisotopic (exact) mass is 387 g/mol. The number of allylic oxidation sites excluding steroid dienone is 1. The van der Waals surface area contributed by atoms with Crippen LogP contribution in [0.2, 0.25) is 0 Å². The van der Waals surface area contributed by atoms with Crippen molar-refractivity contribution < 1.29 is 0 Å². The summed E-state index contributed by atoms with van der Waals surface area (Å²) in [5.41, 5.74) is 6.12. The molecule has 28 heavy (non-hydrogen) atoms. The normalized spacial score (nSPS) is 17.4. The van der Waals surface area contributed by atoms with Crippen molar-refractivity contribution in [3.05, 3.63) is 61.3 Å². The lowest BCUT2D eigenvalue weighted by Crippen LogP contribution is -2.19. The minimum atomic E-state index is 1.05. The van der Waals surface area contributed by atoms with Gasteiger partial charge >= 0.3 is 0 Å². The summed E-state index contributed by atoms with van der Waals surface area (Å²) >= 11 is 0. The Hall–Kier alpha value is -1.50. The average molecular weight is 388 g/mol. The van der Waals surface area contributed by atoms with Crippen LogP contribution in [0.25, 0.3) is 0 Å². The zero-order valence-electron chi connectivity index (χ0n) is 19.5. The van der Waals surface area contributed by atoms with E-state index in [0.29, 0.717) is 0 Å². The van der Waals surface area contributed by atoms with E-state index < -0.39 is 0 Å². The molecule has 0 spiro atoms. The van der Waals surface area contributed by atoms with Gasteiger partial charge in [-0.3, -0.25) is 0 Å². The summed E-state index contributed by atoms with van der Waals surface area (Å²) in [5, 5.41) is 0. The Morgan fingerprint density at radius 3 is 1.86 bits per heavy atom. The van der Waals surface area contributed by atoms with E-state index in [1.165, 1.54) is 82.4 Å². The molecule has 1 aliphatic carbocycles. The zero-order valence-corrected chi connectivity index (χ0v) is 19.5. The summed E-state index contributed by atoms with van der Waals surface area (Å²) in [6.45, 7) is 14.7. The van der Waals surface area contributed by atoms with Gasteiger partial charge in [0.1, 0.15) is 0 Å². The Morgan fingerprint density at radius 1 is 0.929 bits per heavy atom. The Labute approximate surface area is 177 Å². The third-order valence-corrected chi connectivity index (χ3v) is 5.13. The zero-order chi connectivity index (χ0) is 21.5. The van der Waals surface area contributed by atoms with Crippen molar-refractivity contribution in [1.82, 2.24) is 0 Å². The lowest BCUT2D eigenvalue weighted by atomic mass is 9.74. The van der Waals surface area contributed by atoms with Crippen LogP contribution in [0.1, 0.15) is 97.5 Å². The lowest BCUT2D eigenvalue weighted by Gasteiger charge is -2.31. The molecule has 0 radical (unpaired) electrons. The molecule has 2 rings (SSSR count). The maximum atomic E-state index is 4.61. The molecule has 1 saturated carbocycles. The Kier molecular flexibility index (Phi) is 24.1. The van der Waals surface area contributed by atoms with Gasteiger partial charge in [0, 0.05) is 0 Å². The van der Waals surface area contributed by atoms with Crippen molar-refractivity contribution in [2.24, 2.45) is 17.6 Å². The van der Waals surface area contributed by atoms with Gasteiger partial charge < -0.3 is 5.73 Å². The van der Waals surface area contributed by atoms with E-state index in [0.717, 1.165) is 11.8 Å². The maximum Gasteiger partial charge on any atom is -0.0136 e. The van der Waals surface area contributed by atoms with Crippen molar-refractivity contribution >= 4 is 0 Å². The van der Waals surface area contributed by atoms with Gasteiger partial charge in [-0.2, -0.15) is 0 Å². The van der Waals surface area contributed by atoms with Gasteiger partial charge in [-0.15, -0.1) is 6.58 Å². The van der Waals surface area contributed by atoms with Crippen molar-refractivity contribution in [2.75, 3.05) is 0 Å². The summed E-state index contributed by atoms with van der Waals surface area (Å²) in [6, 6.07) is 11.0. The highest BCUT2D eigenvalue weighted by Gasteiger charge is 2.23. The fourth-order valence-electron chi connectivity index (χ4n) is 3.89. The van der Waals surface area contributed by atoms with Gasteiger partial charge in [0.25, 0.3) is 0 Å². The smallest absolute Gasteiger partial charge is 0.0136 e. The predicted octanol–water partition coefficient (Wildman–Crippen LogP) is 8.70. The molecule has 162 valence electrons. The van der Waals surface area contributed by atoms with E-state index in [2.05, 4.69) is 56.1 Å². The molecule has 0 saturated heterocycles. The van der Waals surface area contributed by atoms with E-state index in [1.54, 1.807) is 6.08 Å². The number of unbranched alkanes of at least 4 members (excludes halogenated alkanes) is 2. The fourth-order valence-corrected chi connectivity index (χ4v) is 3.89. The molecule has 1 fully saturated rings. The predicted molar refractivity (Wildman–Crippen MR) is 131 cm³/mol. The van der Waals surface area contributed by atoms with E-state index in [-0.39, 0.29) is 0 Å². The van der Waals surface area contributed by atoms with Crippen LogP contribution in [0.4, 0.5) is 0 Å². The minimum Gasteiger partial charge on any atom is -0.405 e. The van der Waals surface area contributed by atoms with Gasteiger partial charge in [0.15, 0.2) is 0 Å². The first-order valence-corrected chi connectivity index (χ1v) is 11.7. The molecule has 2 N–H and O–H groups in total. The largest absolute Gasteiger partial charge is 0.405 e. The van der Waals surface area contributed by atoms with Crippen molar-refractivity contribution in [1.29, 1.82) is 0 Å². The van der Waals surface area contributed by atoms with Gasteiger partial charge in [-0.05, 0) is 43.4 Å². The van der Waals surface area contributed by atoms with Crippen molar-refractivity contribution in [2.45, 2.75) is 98.3 Å². The van der Waals surface area contributed by atoms with Crippen LogP contribution in [0.5, 0.6) is 0 Å². The highest BCUT2D eigenvalue weighted by Crippen LogP contribution is 2.36. The van der Waals surface area contributed by atoms with E-state index >= 15 is 0 Å². The third-order valence-electron chi connectivity index (χ3n) is 5.13. The van der Waals surface area contributed by atoms with Crippen LogP contribution < -0.4 is 5.73 Å². The number of benzene rings is 1. The van der Waals surface area contributed by atoms with Gasteiger partial charge in [0.05, 0.1) is 0 Å². The molecule has 0 heterocycles. The number of nitrogens with two attached hydrogens (primary N) is 1. The molecular formula is C27H49N. The second-order valence-corrected chi connectivity index (χ2v) is 7.32. The maximum absolute atomic E-state index is 4.61. The minimum absolute atomic E-state index is 1.05. The first kappa shape index (κ1) is 28.7. The van der Waals surface area contributed by atoms with Crippen LogP contribution in [0, 0.1) is 11.8 Å². The standard InChI is InChI=1S/C20H32.C3H6.C2H5N.C2H6/c1-2-3-14-19-16-9-10-17-20(19)15-8-7-13-18-11-5-4-6-12-18;1-3-2;1-2-3;1-2/h4-6,11-12,19-20H,2-3,7-10,13-17H2,1H3;3H,1H2,2H3;2H,1,3H2;1-2H3. The first-order chi connectivity index (χ1) is 13.7. The van der Waals surface area contributed by atoms with E-state index in [4.69, 9.17) is 0 Å². The van der Waals surface area contributed by atoms with E-state index in [1.807, 2.05) is 20.8 Å². The van der Waals surface area contributed by atoms with Crippen LogP contribution in [0.3, 0.4) is 0 Å². The number of rotatable bonds is 8. The molecule has 1 aromatic carbocycles. The molecule has 2 atom stereocenters. The fraction of sp³-hybridized carbons (Fsp3) is 0.630. The summed E-state index contributed by atoms with van der Waals surface area (Å²) in [7, 11) is 0. The average Bonchev–Trinajstić information content (AvgIpc) is 2.74. The van der Waals surface area contributed by atoms with Crippen molar-refractivity contribution in [3.63, 3.8) is 0 Å². The van der Waals surface area contributed by atoms with E-state index in [9.17, 15) is 0 Å². The molecule has 1 heteroatoms. The summed E-state index contributed by atoms with van der Waals surface area (Å²) in [6.07, 6.45) is 18.9. The summed E-state index contributed by atoms with van der Waals surface area (Å²) in [5.74, 6) is 2.10. The van der Waals surface area contributed by atoms with Crippen LogP contribution >= 0.6 is 0 Å². The molecule has 0 aromatic heterocycles. The SMILES string of the molecule is C=CC.C=CN.CC.CCCCC1CCCCC1CCCCc1ccccc1. The van der Waals surface area contributed by atoms with Crippen LogP contribution in [-0.4, -0.2) is 0 Å². The topological polar surface area (TPSA) is 26.0 Å². The third kappa shape index (κ3) is 16.7. The van der Waals surface area contributed by atoms with Crippen molar-refractivity contribution in [3.8, 4) is 0 Å². The molecule has 0 bridgehead atoms. The van der Waals surface area contributed by atoms with Gasteiger partial charge in [0.2, 0.25) is 0 Å². The molecule has 1 aliphatic rings. The van der Waals surface area contributed by atoms with Crippen LogP contribution in [-0.2, 0) is 6.42 Å². The summed E-state index contributed by atoms with van der Waals surface area (Å²) < 4.78 is 0. The Balaban J connectivity index is 0. The second kappa shape index (κ2) is 23.5. The summed E-state index contributed by atoms with van der Waals surface area (Å²) in [4.78, 5) is 0. The molecule has 2 unspecified atom stereocenters. The number of aryl methyl sites for hydroxylation is 1. The molecular weight excluding hydrogens is 338 g/mol. The van der Waals surface area contributed by atoms with Gasteiger partial charge in [-0.25, -0.2) is 0 Å². The highest BCUT2D eigenvalue weighted by atomic mass is 14.5. The Bertz CT molecular complexity index is 417. The number of hydrogen-bond acceptors (Lipinski definition) is 1. The molecule has 0 amide bonds. The number of hydrogen-bond donors (Lipinski definition) is 1. The highest BCUT2D eigenvalue weighted by molar-refractivity contribution is 5.14. The van der Waals surface area contributed by atoms with Gasteiger partial charge in [-0.1, -0.05) is 122 Å². The molecule has 1 aromatic rings. The molecule has 0 aliphatic heterocycles. The Morgan fingerprint density at radius 2 is 1.39 bits per heavy atom. The quantitative estimate of drug-likeness (QED) is 0.350.